The molecule has 0 amide bonds. The Hall–Kier alpha value is -2.89. The maximum Gasteiger partial charge on any atom is 0.287 e. The molecule has 3 rings (SSSR count). The molecule has 1 aliphatic rings. The Bertz CT molecular complexity index is 911. The highest BCUT2D eigenvalue weighted by molar-refractivity contribution is 6.14. The summed E-state index contributed by atoms with van der Waals surface area (Å²) in [6.07, 6.45) is 3.52. The van der Waals surface area contributed by atoms with Crippen LogP contribution in [0.5, 0.6) is 0 Å². The van der Waals surface area contributed by atoms with Crippen LogP contribution in [0, 0.1) is 36.8 Å². The number of hydrogen-bond acceptors (Lipinski definition) is 5. The minimum absolute atomic E-state index is 0.0125. The van der Waals surface area contributed by atoms with E-state index < -0.39 is 10.8 Å². The summed E-state index contributed by atoms with van der Waals surface area (Å²) in [5.74, 6) is -0.853. The van der Waals surface area contributed by atoms with Crippen molar-refractivity contribution >= 4 is 17.3 Å². The Morgan fingerprint density at radius 2 is 1.82 bits per heavy atom. The molecule has 6 heteroatoms. The first-order valence-electron chi connectivity index (χ1n) is 9.51. The lowest BCUT2D eigenvalue weighted by molar-refractivity contribution is -0.385. The number of pyridine rings is 1. The molecule has 0 spiro atoms. The lowest BCUT2D eigenvalue weighted by atomic mass is 9.86. The van der Waals surface area contributed by atoms with Gasteiger partial charge in [-0.1, -0.05) is 17.7 Å². The average Bonchev–Trinajstić information content (AvgIpc) is 2.89. The molecule has 6 nitrogen and oxygen atoms in total. The van der Waals surface area contributed by atoms with Crippen LogP contribution in [-0.4, -0.2) is 21.5 Å². The van der Waals surface area contributed by atoms with Crippen LogP contribution >= 0.6 is 0 Å². The molecule has 1 aromatic heterocycles. The summed E-state index contributed by atoms with van der Waals surface area (Å²) in [4.78, 5) is 39.9. The Kier molecular flexibility index (Phi) is 5.68. The molecule has 28 heavy (non-hydrogen) atoms. The van der Waals surface area contributed by atoms with E-state index in [2.05, 4.69) is 4.98 Å². The lowest BCUT2D eigenvalue weighted by Gasteiger charge is -2.16. The summed E-state index contributed by atoms with van der Waals surface area (Å²) in [6.45, 7) is 5.93. The predicted molar refractivity (Wildman–Crippen MR) is 105 cm³/mol. The zero-order valence-electron chi connectivity index (χ0n) is 16.4. The minimum atomic E-state index is -0.636. The van der Waals surface area contributed by atoms with Gasteiger partial charge >= 0.3 is 0 Å². The zero-order valence-corrected chi connectivity index (χ0v) is 16.4. The van der Waals surface area contributed by atoms with Gasteiger partial charge in [0.05, 0.1) is 4.92 Å². The van der Waals surface area contributed by atoms with E-state index in [9.17, 15) is 19.7 Å². The number of rotatable bonds is 6. The Labute approximate surface area is 164 Å². The third-order valence-electron chi connectivity index (χ3n) is 5.49. The van der Waals surface area contributed by atoms with Crippen LogP contribution in [0.4, 0.5) is 5.69 Å². The molecule has 146 valence electrons. The van der Waals surface area contributed by atoms with E-state index in [0.29, 0.717) is 25.7 Å². The second kappa shape index (κ2) is 8.00. The van der Waals surface area contributed by atoms with E-state index in [1.807, 2.05) is 32.9 Å². The van der Waals surface area contributed by atoms with Gasteiger partial charge in [-0.05, 0) is 62.8 Å². The van der Waals surface area contributed by atoms with Gasteiger partial charge in [0.25, 0.3) is 5.69 Å². The number of nitrogens with zero attached hydrogens (tertiary/aromatic N) is 2. The van der Waals surface area contributed by atoms with Crippen molar-refractivity contribution in [1.82, 2.24) is 4.98 Å². The van der Waals surface area contributed by atoms with Gasteiger partial charge in [-0.15, -0.1) is 0 Å². The molecule has 1 saturated carbocycles. The summed E-state index contributed by atoms with van der Waals surface area (Å²) in [5.41, 5.74) is 4.72. The van der Waals surface area contributed by atoms with Crippen molar-refractivity contribution < 1.29 is 14.5 Å². The quantitative estimate of drug-likeness (QED) is 0.426. The molecule has 0 bridgehead atoms. The number of Topliss-reactive ketones (excluding diaryl/α,β-unsaturated/α-hetero) is 2. The zero-order chi connectivity index (χ0) is 20.4. The van der Waals surface area contributed by atoms with Crippen LogP contribution in [0.3, 0.4) is 0 Å². The fourth-order valence-corrected chi connectivity index (χ4v) is 4.25. The van der Waals surface area contributed by atoms with Gasteiger partial charge in [-0.3, -0.25) is 24.7 Å². The first-order valence-corrected chi connectivity index (χ1v) is 9.51. The fourth-order valence-electron chi connectivity index (χ4n) is 4.25. The Balaban J connectivity index is 1.65. The van der Waals surface area contributed by atoms with Crippen molar-refractivity contribution in [1.29, 1.82) is 0 Å². The summed E-state index contributed by atoms with van der Waals surface area (Å²) < 4.78 is 0. The van der Waals surface area contributed by atoms with Crippen molar-refractivity contribution in [3.05, 3.63) is 68.5 Å². The summed E-state index contributed by atoms with van der Waals surface area (Å²) >= 11 is 0. The van der Waals surface area contributed by atoms with Crippen LogP contribution in [-0.2, 0) is 16.0 Å². The second-order valence-corrected chi connectivity index (χ2v) is 7.67. The van der Waals surface area contributed by atoms with E-state index in [4.69, 9.17) is 0 Å². The Morgan fingerprint density at radius 1 is 1.14 bits per heavy atom. The Morgan fingerprint density at radius 3 is 2.39 bits per heavy atom. The van der Waals surface area contributed by atoms with Crippen LogP contribution in [0.25, 0.3) is 0 Å². The van der Waals surface area contributed by atoms with Gasteiger partial charge in [-0.25, -0.2) is 0 Å². The average molecular weight is 380 g/mol. The van der Waals surface area contributed by atoms with Crippen molar-refractivity contribution in [3.8, 4) is 0 Å². The highest BCUT2D eigenvalue weighted by atomic mass is 16.6. The molecule has 1 aliphatic carbocycles. The van der Waals surface area contributed by atoms with E-state index >= 15 is 0 Å². The third kappa shape index (κ3) is 4.01. The molecule has 1 fully saturated rings. The summed E-state index contributed by atoms with van der Waals surface area (Å²) in [7, 11) is 0. The highest BCUT2D eigenvalue weighted by Crippen LogP contribution is 2.38. The topological polar surface area (TPSA) is 90.2 Å². The largest absolute Gasteiger partial charge is 0.298 e. The predicted octanol–water partition coefficient (Wildman–Crippen LogP) is 4.18. The first-order chi connectivity index (χ1) is 13.3. The van der Waals surface area contributed by atoms with Crippen LogP contribution in [0.2, 0.25) is 0 Å². The van der Waals surface area contributed by atoms with E-state index in [0.717, 1.165) is 27.9 Å². The molecular weight excluding hydrogens is 356 g/mol. The molecule has 2 aromatic rings. The maximum atomic E-state index is 13.0. The maximum absolute atomic E-state index is 13.0. The van der Waals surface area contributed by atoms with Crippen LogP contribution in [0.1, 0.15) is 53.1 Å². The minimum Gasteiger partial charge on any atom is -0.298 e. The van der Waals surface area contributed by atoms with Gasteiger partial charge in [0.15, 0.2) is 5.78 Å². The fraction of sp³-hybridized carbons (Fsp3) is 0.409. The van der Waals surface area contributed by atoms with Crippen molar-refractivity contribution in [2.24, 2.45) is 5.92 Å². The number of benzene rings is 1. The number of ketones is 2. The number of carbonyl (C=O) groups excluding carboxylic acids is 2. The normalized spacial score (nSPS) is 19.2. The lowest BCUT2D eigenvalue weighted by Crippen LogP contribution is -2.18. The van der Waals surface area contributed by atoms with Crippen LogP contribution < -0.4 is 0 Å². The number of nitro groups is 1. The number of hydrogen-bond donors (Lipinski definition) is 0. The van der Waals surface area contributed by atoms with E-state index in [1.165, 1.54) is 12.3 Å². The SMILES string of the molecule is Cc1cc(C)c(C2C(=O)CC(CCCc3ccc([N+](=O)[O-])cn3)C2=O)c(C)c1. The van der Waals surface area contributed by atoms with Crippen molar-refractivity contribution in [2.75, 3.05) is 0 Å². The van der Waals surface area contributed by atoms with Gasteiger partial charge in [0, 0.05) is 24.1 Å². The van der Waals surface area contributed by atoms with Gasteiger partial charge in [0.1, 0.15) is 17.9 Å². The van der Waals surface area contributed by atoms with Gasteiger partial charge in [-0.2, -0.15) is 0 Å². The molecule has 2 unspecified atom stereocenters. The molecular formula is C22H24N2O4. The number of aryl methyl sites for hydroxylation is 4. The summed E-state index contributed by atoms with van der Waals surface area (Å²) in [6, 6.07) is 7.13. The molecule has 0 saturated heterocycles. The van der Waals surface area contributed by atoms with Crippen molar-refractivity contribution in [2.45, 2.75) is 52.4 Å². The number of aromatic nitrogens is 1. The smallest absolute Gasteiger partial charge is 0.287 e. The second-order valence-electron chi connectivity index (χ2n) is 7.67. The van der Waals surface area contributed by atoms with E-state index in [1.54, 1.807) is 6.07 Å². The monoisotopic (exact) mass is 380 g/mol. The van der Waals surface area contributed by atoms with Gasteiger partial charge < -0.3 is 0 Å². The molecule has 0 aliphatic heterocycles. The molecule has 0 N–H and O–H groups in total. The first kappa shape index (κ1) is 19.9. The molecule has 1 heterocycles. The standard InChI is InChI=1S/C22H24N2O4/c1-13-9-14(2)20(15(3)10-13)21-19(25)11-16(22(21)26)5-4-6-17-7-8-18(12-23-17)24(27)28/h7-10,12,16,21H,4-6,11H2,1-3H3. The van der Waals surface area contributed by atoms with E-state index in [-0.39, 0.29) is 23.2 Å². The van der Waals surface area contributed by atoms with Gasteiger partial charge in [0.2, 0.25) is 0 Å². The summed E-state index contributed by atoms with van der Waals surface area (Å²) in [5, 5.41) is 10.7. The third-order valence-corrected chi connectivity index (χ3v) is 5.49. The van der Waals surface area contributed by atoms with Crippen LogP contribution in [0.15, 0.2) is 30.5 Å². The molecule has 0 radical (unpaired) electrons. The highest BCUT2D eigenvalue weighted by Gasteiger charge is 2.42. The van der Waals surface area contributed by atoms with Crippen molar-refractivity contribution in [3.63, 3.8) is 0 Å². The molecule has 1 aromatic carbocycles. The number of carbonyl (C=O) groups is 2. The molecule has 2 atom stereocenters.